The molecule has 0 radical (unpaired) electrons. The summed E-state index contributed by atoms with van der Waals surface area (Å²) in [5.74, 6) is 0.605. The maximum Gasteiger partial charge on any atom is 0.238 e. The molecule has 1 aromatic rings. The van der Waals surface area contributed by atoms with E-state index in [1.165, 1.54) is 0 Å². The number of pyridine rings is 1. The molecule has 0 saturated carbocycles. The Labute approximate surface area is 89.4 Å². The Bertz CT molecular complexity index is 306. The van der Waals surface area contributed by atoms with Gasteiger partial charge in [-0.15, -0.1) is 5.06 Å². The second-order valence-corrected chi connectivity index (χ2v) is 3.75. The summed E-state index contributed by atoms with van der Waals surface area (Å²) in [5.41, 5.74) is 6.19. The first-order chi connectivity index (χ1) is 7.24. The van der Waals surface area contributed by atoms with Gasteiger partial charge in [0, 0.05) is 32.2 Å². The maximum atomic E-state index is 5.60. The molecule has 1 aliphatic rings. The molecule has 15 heavy (non-hydrogen) atoms. The Hall–Kier alpha value is -1.33. The fourth-order valence-corrected chi connectivity index (χ4v) is 1.46. The summed E-state index contributed by atoms with van der Waals surface area (Å²) >= 11 is 0. The summed E-state index contributed by atoms with van der Waals surface area (Å²) in [4.78, 5) is 12.0. The van der Waals surface area contributed by atoms with Gasteiger partial charge < -0.3 is 15.5 Å². The van der Waals surface area contributed by atoms with Gasteiger partial charge in [0.1, 0.15) is 0 Å². The fourth-order valence-electron chi connectivity index (χ4n) is 1.46. The van der Waals surface area contributed by atoms with Gasteiger partial charge in [0.05, 0.1) is 11.9 Å². The van der Waals surface area contributed by atoms with E-state index in [9.17, 15) is 0 Å². The third kappa shape index (κ3) is 2.81. The number of piperazine rings is 1. The highest BCUT2D eigenvalue weighted by atomic mass is 16.7. The van der Waals surface area contributed by atoms with E-state index in [0.29, 0.717) is 11.6 Å². The van der Waals surface area contributed by atoms with E-state index in [4.69, 9.17) is 10.6 Å². The highest BCUT2D eigenvalue weighted by Crippen LogP contribution is 2.11. The topological polar surface area (TPSA) is 54.6 Å². The first kappa shape index (κ1) is 10.2. The van der Waals surface area contributed by atoms with Crippen LogP contribution in [0.2, 0.25) is 0 Å². The molecule has 2 heterocycles. The molecule has 0 spiro atoms. The zero-order valence-electron chi connectivity index (χ0n) is 8.89. The molecule has 1 saturated heterocycles. The number of nitrogens with zero attached hydrogens (tertiary/aromatic N) is 3. The average molecular weight is 208 g/mol. The summed E-state index contributed by atoms with van der Waals surface area (Å²) in [6, 6.07) is 3.58. The number of hydrogen-bond donors (Lipinski definition) is 1. The molecule has 1 aliphatic heterocycles. The van der Waals surface area contributed by atoms with Crippen molar-refractivity contribution in [1.29, 1.82) is 0 Å². The molecule has 0 atom stereocenters. The highest BCUT2D eigenvalue weighted by molar-refractivity contribution is 5.35. The van der Waals surface area contributed by atoms with Crippen molar-refractivity contribution in [2.45, 2.75) is 0 Å². The van der Waals surface area contributed by atoms with Crippen molar-refractivity contribution in [1.82, 2.24) is 14.9 Å². The van der Waals surface area contributed by atoms with Crippen LogP contribution in [-0.4, -0.2) is 48.2 Å². The molecule has 5 heteroatoms. The number of hydroxylamine groups is 2. The molecule has 1 aromatic heterocycles. The second kappa shape index (κ2) is 4.46. The second-order valence-electron chi connectivity index (χ2n) is 3.75. The van der Waals surface area contributed by atoms with Crippen LogP contribution in [0.3, 0.4) is 0 Å². The van der Waals surface area contributed by atoms with E-state index >= 15 is 0 Å². The molecule has 2 N–H and O–H groups in total. The van der Waals surface area contributed by atoms with Crippen LogP contribution in [0, 0.1) is 0 Å². The van der Waals surface area contributed by atoms with Crippen LogP contribution in [0.25, 0.3) is 0 Å². The standard InChI is InChI=1S/C10H16N4O/c1-13-4-6-14(7-5-13)15-10-3-2-9(11)8-12-10/h2-3,8H,4-7,11H2,1H3. The van der Waals surface area contributed by atoms with Gasteiger partial charge in [-0.1, -0.05) is 0 Å². The molecule has 5 nitrogen and oxygen atoms in total. The molecule has 1 fully saturated rings. The first-order valence-electron chi connectivity index (χ1n) is 5.07. The number of hydrogen-bond acceptors (Lipinski definition) is 5. The average Bonchev–Trinajstić information content (AvgIpc) is 2.25. The number of aromatic nitrogens is 1. The van der Waals surface area contributed by atoms with E-state index in [1.807, 2.05) is 5.06 Å². The summed E-state index contributed by atoms with van der Waals surface area (Å²) in [7, 11) is 2.11. The van der Waals surface area contributed by atoms with E-state index < -0.39 is 0 Å². The summed E-state index contributed by atoms with van der Waals surface area (Å²) < 4.78 is 0. The lowest BCUT2D eigenvalue weighted by Gasteiger charge is -2.31. The van der Waals surface area contributed by atoms with Gasteiger partial charge in [0.2, 0.25) is 5.88 Å². The monoisotopic (exact) mass is 208 g/mol. The van der Waals surface area contributed by atoms with Crippen LogP contribution in [0.15, 0.2) is 18.3 Å². The maximum absolute atomic E-state index is 5.60. The Morgan fingerprint density at radius 3 is 2.60 bits per heavy atom. The summed E-state index contributed by atoms with van der Waals surface area (Å²) in [6.07, 6.45) is 1.60. The minimum atomic E-state index is 0.605. The zero-order valence-corrected chi connectivity index (χ0v) is 8.89. The number of likely N-dealkylation sites (N-methyl/N-ethyl adjacent to an activating group) is 1. The van der Waals surface area contributed by atoms with Crippen molar-refractivity contribution in [3.8, 4) is 5.88 Å². The van der Waals surface area contributed by atoms with E-state index in [-0.39, 0.29) is 0 Å². The van der Waals surface area contributed by atoms with Gasteiger partial charge in [0.25, 0.3) is 0 Å². The highest BCUT2D eigenvalue weighted by Gasteiger charge is 2.15. The van der Waals surface area contributed by atoms with Crippen LogP contribution in [0.1, 0.15) is 0 Å². The zero-order chi connectivity index (χ0) is 10.7. The largest absolute Gasteiger partial charge is 0.397 e. The van der Waals surface area contributed by atoms with Crippen molar-refractivity contribution in [3.05, 3.63) is 18.3 Å². The Morgan fingerprint density at radius 2 is 2.00 bits per heavy atom. The predicted octanol–water partition coefficient (Wildman–Crippen LogP) is 0.205. The molecule has 0 unspecified atom stereocenters. The number of anilines is 1. The van der Waals surface area contributed by atoms with Gasteiger partial charge >= 0.3 is 0 Å². The molecule has 0 bridgehead atoms. The number of rotatable bonds is 2. The minimum absolute atomic E-state index is 0.605. The van der Waals surface area contributed by atoms with Crippen LogP contribution in [-0.2, 0) is 0 Å². The van der Waals surface area contributed by atoms with E-state index in [0.717, 1.165) is 26.2 Å². The number of nitrogens with two attached hydrogens (primary N) is 1. The smallest absolute Gasteiger partial charge is 0.238 e. The van der Waals surface area contributed by atoms with Crippen molar-refractivity contribution >= 4 is 5.69 Å². The summed E-state index contributed by atoms with van der Waals surface area (Å²) in [6.45, 7) is 3.86. The van der Waals surface area contributed by atoms with Crippen molar-refractivity contribution in [2.75, 3.05) is 39.0 Å². The Balaban J connectivity index is 1.89. The molecule has 0 aliphatic carbocycles. The van der Waals surface area contributed by atoms with Gasteiger partial charge in [-0.2, -0.15) is 0 Å². The van der Waals surface area contributed by atoms with Gasteiger partial charge in [-0.05, 0) is 13.1 Å². The third-order valence-electron chi connectivity index (χ3n) is 2.44. The lowest BCUT2D eigenvalue weighted by Crippen LogP contribution is -2.45. The summed E-state index contributed by atoms with van der Waals surface area (Å²) in [5, 5.41) is 1.93. The first-order valence-corrected chi connectivity index (χ1v) is 5.07. The fraction of sp³-hybridized carbons (Fsp3) is 0.500. The number of nitrogen functional groups attached to an aromatic ring is 1. The normalized spacial score (nSPS) is 19.0. The van der Waals surface area contributed by atoms with E-state index in [1.54, 1.807) is 18.3 Å². The lowest BCUT2D eigenvalue weighted by molar-refractivity contribution is -0.0883. The van der Waals surface area contributed by atoms with E-state index in [2.05, 4.69) is 16.9 Å². The van der Waals surface area contributed by atoms with Gasteiger partial charge in [0.15, 0.2) is 0 Å². The predicted molar refractivity (Wildman–Crippen MR) is 58.3 cm³/mol. The van der Waals surface area contributed by atoms with Crippen LogP contribution in [0.4, 0.5) is 5.69 Å². The van der Waals surface area contributed by atoms with Crippen LogP contribution >= 0.6 is 0 Å². The van der Waals surface area contributed by atoms with Crippen LogP contribution < -0.4 is 10.6 Å². The molecule has 0 aromatic carbocycles. The Morgan fingerprint density at radius 1 is 1.27 bits per heavy atom. The minimum Gasteiger partial charge on any atom is -0.397 e. The van der Waals surface area contributed by atoms with Crippen molar-refractivity contribution in [3.63, 3.8) is 0 Å². The third-order valence-corrected chi connectivity index (χ3v) is 2.44. The van der Waals surface area contributed by atoms with Crippen molar-refractivity contribution in [2.24, 2.45) is 0 Å². The van der Waals surface area contributed by atoms with Crippen LogP contribution in [0.5, 0.6) is 5.88 Å². The van der Waals surface area contributed by atoms with Gasteiger partial charge in [-0.25, -0.2) is 4.98 Å². The lowest BCUT2D eigenvalue weighted by atomic mass is 10.4. The molecular formula is C10H16N4O. The van der Waals surface area contributed by atoms with Crippen molar-refractivity contribution < 1.29 is 4.84 Å². The molecule has 2 rings (SSSR count). The SMILES string of the molecule is CN1CCN(Oc2ccc(N)cn2)CC1. The molecular weight excluding hydrogens is 192 g/mol. The quantitative estimate of drug-likeness (QED) is 0.752. The molecule has 0 amide bonds. The molecule has 82 valence electrons. The Kier molecular flexibility index (Phi) is 3.03. The van der Waals surface area contributed by atoms with Gasteiger partial charge in [-0.3, -0.25) is 0 Å².